The third-order valence-electron chi connectivity index (χ3n) is 3.91. The van der Waals surface area contributed by atoms with Crippen molar-refractivity contribution in [2.45, 2.75) is 26.8 Å². The van der Waals surface area contributed by atoms with Crippen LogP contribution in [0.25, 0.3) is 6.08 Å². The van der Waals surface area contributed by atoms with Gasteiger partial charge in [0.25, 0.3) is 5.91 Å². The lowest BCUT2D eigenvalue weighted by atomic mass is 10.1. The molecular weight excluding hydrogens is 340 g/mol. The second kappa shape index (κ2) is 10.0. The number of nitrogens with one attached hydrogen (secondary N) is 1. The summed E-state index contributed by atoms with van der Waals surface area (Å²) in [5.41, 5.74) is 1.64. The van der Waals surface area contributed by atoms with Crippen molar-refractivity contribution in [3.05, 3.63) is 65.2 Å². The molecule has 5 heteroatoms. The minimum atomic E-state index is -0.426. The van der Waals surface area contributed by atoms with E-state index in [0.29, 0.717) is 30.3 Å². The average Bonchev–Trinajstić information content (AvgIpc) is 2.68. The molecule has 0 aliphatic heterocycles. The highest BCUT2D eigenvalue weighted by atomic mass is 16.5. The van der Waals surface area contributed by atoms with Crippen LogP contribution in [0.2, 0.25) is 0 Å². The molecule has 0 spiro atoms. The van der Waals surface area contributed by atoms with Crippen molar-refractivity contribution in [1.82, 2.24) is 5.32 Å². The predicted molar refractivity (Wildman–Crippen MR) is 105 cm³/mol. The molecule has 0 saturated heterocycles. The zero-order valence-electron chi connectivity index (χ0n) is 15.9. The van der Waals surface area contributed by atoms with E-state index >= 15 is 0 Å². The van der Waals surface area contributed by atoms with E-state index in [1.54, 1.807) is 18.2 Å². The molecule has 0 radical (unpaired) electrons. The highest BCUT2D eigenvalue weighted by molar-refractivity contribution is 6.02. The first-order chi connectivity index (χ1) is 13.1. The van der Waals surface area contributed by atoms with Gasteiger partial charge in [-0.15, -0.1) is 0 Å². The van der Waals surface area contributed by atoms with Gasteiger partial charge >= 0.3 is 0 Å². The molecule has 0 fully saturated rings. The van der Waals surface area contributed by atoms with E-state index in [0.717, 1.165) is 5.56 Å². The van der Waals surface area contributed by atoms with Gasteiger partial charge in [0, 0.05) is 11.6 Å². The Morgan fingerprint density at radius 1 is 1.15 bits per heavy atom. The maximum Gasteiger partial charge on any atom is 0.262 e. The van der Waals surface area contributed by atoms with E-state index in [1.807, 2.05) is 57.2 Å². The van der Waals surface area contributed by atoms with E-state index < -0.39 is 5.91 Å². The number of nitrogens with zero attached hydrogens (tertiary/aromatic N) is 1. The third-order valence-corrected chi connectivity index (χ3v) is 3.91. The minimum absolute atomic E-state index is 0.0166. The zero-order chi connectivity index (χ0) is 19.6. The third kappa shape index (κ3) is 5.61. The van der Waals surface area contributed by atoms with E-state index in [9.17, 15) is 10.1 Å². The number of hydrogen-bond donors (Lipinski definition) is 1. The summed E-state index contributed by atoms with van der Waals surface area (Å²) in [4.78, 5) is 12.5. The van der Waals surface area contributed by atoms with Crippen LogP contribution in [0.4, 0.5) is 0 Å². The van der Waals surface area contributed by atoms with Gasteiger partial charge in [-0.05, 0) is 44.5 Å². The summed E-state index contributed by atoms with van der Waals surface area (Å²) in [6.45, 7) is 6.67. The maximum absolute atomic E-state index is 12.5. The van der Waals surface area contributed by atoms with Crippen LogP contribution in [0.3, 0.4) is 0 Å². The van der Waals surface area contributed by atoms with Gasteiger partial charge in [-0.3, -0.25) is 4.79 Å². The maximum atomic E-state index is 12.5. The summed E-state index contributed by atoms with van der Waals surface area (Å²) < 4.78 is 11.1. The normalized spacial score (nSPS) is 12.0. The molecule has 1 N–H and O–H groups in total. The summed E-state index contributed by atoms with van der Waals surface area (Å²) in [7, 11) is 0. The van der Waals surface area contributed by atoms with E-state index in [4.69, 9.17) is 9.47 Å². The molecule has 1 atom stereocenters. The van der Waals surface area contributed by atoms with Crippen molar-refractivity contribution in [3.63, 3.8) is 0 Å². The minimum Gasteiger partial charge on any atom is -0.494 e. The SMILES string of the molecule is CCOc1ccc(/C=C(/C#N)C(=O)N[C@H](C)c2ccccc2)c(OCC)c1. The number of benzene rings is 2. The van der Waals surface area contributed by atoms with Gasteiger partial charge in [0.1, 0.15) is 23.1 Å². The van der Waals surface area contributed by atoms with Gasteiger partial charge in [-0.1, -0.05) is 30.3 Å². The number of carbonyl (C=O) groups is 1. The molecule has 1 amide bonds. The van der Waals surface area contributed by atoms with Gasteiger partial charge in [0.15, 0.2) is 0 Å². The van der Waals surface area contributed by atoms with Crippen LogP contribution in [0.5, 0.6) is 11.5 Å². The van der Waals surface area contributed by atoms with Crippen LogP contribution in [0.1, 0.15) is 37.9 Å². The first-order valence-electron chi connectivity index (χ1n) is 8.96. The Labute approximate surface area is 160 Å². The number of carbonyl (C=O) groups excluding carboxylic acids is 1. The first kappa shape index (κ1) is 20.1. The van der Waals surface area contributed by atoms with Crippen LogP contribution in [-0.2, 0) is 4.79 Å². The van der Waals surface area contributed by atoms with Gasteiger partial charge in [0.2, 0.25) is 0 Å². The number of ether oxygens (including phenoxy) is 2. The zero-order valence-corrected chi connectivity index (χ0v) is 15.9. The summed E-state index contributed by atoms with van der Waals surface area (Å²) in [6.07, 6.45) is 1.54. The van der Waals surface area contributed by atoms with Crippen LogP contribution in [-0.4, -0.2) is 19.1 Å². The fraction of sp³-hybridized carbons (Fsp3) is 0.273. The Morgan fingerprint density at radius 2 is 1.85 bits per heavy atom. The standard InChI is InChI=1S/C22H24N2O3/c1-4-26-20-12-11-18(21(14-20)27-5-2)13-19(15-23)22(25)24-16(3)17-9-7-6-8-10-17/h6-14,16H,4-5H2,1-3H3,(H,24,25)/b19-13-/t16-/m1/s1. The Hall–Kier alpha value is -3.26. The quantitative estimate of drug-likeness (QED) is 0.561. The number of amides is 1. The van der Waals surface area contributed by atoms with Crippen LogP contribution in [0.15, 0.2) is 54.1 Å². The molecule has 27 heavy (non-hydrogen) atoms. The van der Waals surface area contributed by atoms with Crippen LogP contribution >= 0.6 is 0 Å². The first-order valence-corrected chi connectivity index (χ1v) is 8.96. The molecule has 5 nitrogen and oxygen atoms in total. The highest BCUT2D eigenvalue weighted by Gasteiger charge is 2.15. The predicted octanol–water partition coefficient (Wildman–Crippen LogP) is 4.27. The Balaban J connectivity index is 2.24. The molecule has 0 aliphatic carbocycles. The monoisotopic (exact) mass is 364 g/mol. The molecular formula is C22H24N2O3. The second-order valence-electron chi connectivity index (χ2n) is 5.84. The van der Waals surface area contributed by atoms with Crippen molar-refractivity contribution >= 4 is 12.0 Å². The van der Waals surface area contributed by atoms with Crippen molar-refractivity contribution in [2.24, 2.45) is 0 Å². The number of rotatable bonds is 8. The van der Waals surface area contributed by atoms with Crippen molar-refractivity contribution < 1.29 is 14.3 Å². The molecule has 0 saturated carbocycles. The van der Waals surface area contributed by atoms with Crippen molar-refractivity contribution in [3.8, 4) is 17.6 Å². The molecule has 2 rings (SSSR count). The number of nitriles is 1. The molecule has 0 aliphatic rings. The summed E-state index contributed by atoms with van der Waals surface area (Å²) in [5.74, 6) is 0.823. The lowest BCUT2D eigenvalue weighted by Crippen LogP contribution is -2.27. The van der Waals surface area contributed by atoms with Crippen molar-refractivity contribution in [1.29, 1.82) is 5.26 Å². The van der Waals surface area contributed by atoms with E-state index in [-0.39, 0.29) is 11.6 Å². The smallest absolute Gasteiger partial charge is 0.262 e. The fourth-order valence-corrected chi connectivity index (χ4v) is 2.57. The molecule has 0 unspecified atom stereocenters. The van der Waals surface area contributed by atoms with Gasteiger partial charge in [-0.2, -0.15) is 5.26 Å². The fourth-order valence-electron chi connectivity index (χ4n) is 2.57. The largest absolute Gasteiger partial charge is 0.494 e. The molecule has 0 heterocycles. The van der Waals surface area contributed by atoms with E-state index in [2.05, 4.69) is 5.32 Å². The van der Waals surface area contributed by atoms with Gasteiger partial charge in [0.05, 0.1) is 19.3 Å². The highest BCUT2D eigenvalue weighted by Crippen LogP contribution is 2.27. The van der Waals surface area contributed by atoms with Crippen LogP contribution in [0, 0.1) is 11.3 Å². The van der Waals surface area contributed by atoms with Gasteiger partial charge in [-0.25, -0.2) is 0 Å². The van der Waals surface area contributed by atoms with Crippen LogP contribution < -0.4 is 14.8 Å². The summed E-state index contributed by atoms with van der Waals surface area (Å²) >= 11 is 0. The Morgan fingerprint density at radius 3 is 2.48 bits per heavy atom. The average molecular weight is 364 g/mol. The Bertz CT molecular complexity index is 838. The summed E-state index contributed by atoms with van der Waals surface area (Å²) in [6, 6.07) is 16.7. The molecule has 2 aromatic rings. The Kier molecular flexibility index (Phi) is 7.45. The second-order valence-corrected chi connectivity index (χ2v) is 5.84. The lowest BCUT2D eigenvalue weighted by molar-refractivity contribution is -0.117. The number of hydrogen-bond acceptors (Lipinski definition) is 4. The molecule has 2 aromatic carbocycles. The lowest BCUT2D eigenvalue weighted by Gasteiger charge is -2.14. The molecule has 140 valence electrons. The van der Waals surface area contributed by atoms with Gasteiger partial charge < -0.3 is 14.8 Å². The topological polar surface area (TPSA) is 71.3 Å². The molecule has 0 aromatic heterocycles. The van der Waals surface area contributed by atoms with Crippen molar-refractivity contribution in [2.75, 3.05) is 13.2 Å². The summed E-state index contributed by atoms with van der Waals surface area (Å²) in [5, 5.41) is 12.3. The van der Waals surface area contributed by atoms with E-state index in [1.165, 1.54) is 6.08 Å². The molecule has 0 bridgehead atoms.